The highest BCUT2D eigenvalue weighted by atomic mass is 35.5. The summed E-state index contributed by atoms with van der Waals surface area (Å²) >= 11 is 5.77. The van der Waals surface area contributed by atoms with E-state index in [9.17, 15) is 9.59 Å². The summed E-state index contributed by atoms with van der Waals surface area (Å²) in [5, 5.41) is 1.40. The highest BCUT2D eigenvalue weighted by Crippen LogP contribution is 2.36. The van der Waals surface area contributed by atoms with Gasteiger partial charge in [-0.05, 0) is 24.6 Å². The maximum Gasteiger partial charge on any atom is 0.247 e. The van der Waals surface area contributed by atoms with Crippen LogP contribution in [0.25, 0.3) is 0 Å². The van der Waals surface area contributed by atoms with Crippen LogP contribution in [0.1, 0.15) is 12.8 Å². The lowest BCUT2D eigenvalue weighted by molar-refractivity contribution is -0.182. The van der Waals surface area contributed by atoms with Crippen LogP contribution in [0.3, 0.4) is 0 Å². The summed E-state index contributed by atoms with van der Waals surface area (Å²) < 4.78 is 0. The first-order chi connectivity index (χ1) is 7.09. The third-order valence-corrected chi connectivity index (χ3v) is 2.96. The molecule has 4 nitrogen and oxygen atoms in total. The van der Waals surface area contributed by atoms with Crippen molar-refractivity contribution >= 4 is 23.3 Å². The Kier molecular flexibility index (Phi) is 2.40. The lowest BCUT2D eigenvalue weighted by Gasteiger charge is -2.32. The molecule has 0 aromatic heterocycles. The molecule has 1 spiro atoms. The van der Waals surface area contributed by atoms with Crippen LogP contribution in [-0.2, 0) is 14.4 Å². The second-order valence-electron chi connectivity index (χ2n) is 3.55. The van der Waals surface area contributed by atoms with E-state index in [1.165, 1.54) is 18.2 Å². The summed E-state index contributed by atoms with van der Waals surface area (Å²) in [5.74, 6) is -0.338. The number of allylic oxidation sites excluding steroid dienone is 2. The minimum Gasteiger partial charge on any atom is -0.288 e. The summed E-state index contributed by atoms with van der Waals surface area (Å²) in [6, 6.07) is 0. The number of ketones is 1. The van der Waals surface area contributed by atoms with Crippen LogP contribution in [0.5, 0.6) is 0 Å². The van der Waals surface area contributed by atoms with Gasteiger partial charge in [0.05, 0.1) is 12.1 Å². The number of carbonyl (C=O) groups is 2. The number of nitrogens with zero attached hydrogens (tertiary/aromatic N) is 1. The molecule has 0 bridgehead atoms. The smallest absolute Gasteiger partial charge is 0.247 e. The first kappa shape index (κ1) is 10.4. The molecular weight excluding hydrogens is 218 g/mol. The average molecular weight is 228 g/mol. The van der Waals surface area contributed by atoms with Crippen LogP contribution < -0.4 is 0 Å². The predicted octanol–water partition coefficient (Wildman–Crippen LogP) is 1.17. The van der Waals surface area contributed by atoms with Crippen LogP contribution in [-0.4, -0.2) is 29.4 Å². The van der Waals surface area contributed by atoms with Gasteiger partial charge in [-0.15, -0.1) is 0 Å². The Morgan fingerprint density at radius 1 is 1.53 bits per heavy atom. The van der Waals surface area contributed by atoms with Gasteiger partial charge in [0.1, 0.15) is 5.54 Å². The molecule has 5 heteroatoms. The largest absolute Gasteiger partial charge is 0.288 e. The molecule has 80 valence electrons. The maximum absolute atomic E-state index is 11.5. The van der Waals surface area contributed by atoms with Gasteiger partial charge >= 0.3 is 0 Å². The van der Waals surface area contributed by atoms with Crippen molar-refractivity contribution in [2.24, 2.45) is 0 Å². The van der Waals surface area contributed by atoms with E-state index >= 15 is 0 Å². The van der Waals surface area contributed by atoms with Crippen molar-refractivity contribution in [3.8, 4) is 0 Å². The Morgan fingerprint density at radius 2 is 2.27 bits per heavy atom. The van der Waals surface area contributed by atoms with E-state index < -0.39 is 5.54 Å². The van der Waals surface area contributed by atoms with Crippen molar-refractivity contribution in [2.45, 2.75) is 18.4 Å². The Hall–Kier alpha value is -1.13. The van der Waals surface area contributed by atoms with Gasteiger partial charge in [-0.3, -0.25) is 14.4 Å². The summed E-state index contributed by atoms with van der Waals surface area (Å²) in [4.78, 5) is 27.7. The second-order valence-corrected chi connectivity index (χ2v) is 3.96. The molecule has 1 atom stereocenters. The van der Waals surface area contributed by atoms with Crippen molar-refractivity contribution in [1.82, 2.24) is 5.06 Å². The van der Waals surface area contributed by atoms with Crippen LogP contribution in [0, 0.1) is 0 Å². The van der Waals surface area contributed by atoms with Crippen molar-refractivity contribution < 1.29 is 14.4 Å². The molecule has 0 radical (unpaired) electrons. The molecule has 2 rings (SSSR count). The van der Waals surface area contributed by atoms with E-state index in [4.69, 9.17) is 16.4 Å². The Bertz CT molecular complexity index is 388. The molecule has 0 aromatic rings. The van der Waals surface area contributed by atoms with Crippen LogP contribution in [0.4, 0.5) is 0 Å². The lowest BCUT2D eigenvalue weighted by atomic mass is 9.92. The summed E-state index contributed by atoms with van der Waals surface area (Å²) in [6.45, 7) is 0. The fourth-order valence-electron chi connectivity index (χ4n) is 1.93. The van der Waals surface area contributed by atoms with Crippen molar-refractivity contribution in [1.29, 1.82) is 0 Å². The van der Waals surface area contributed by atoms with E-state index in [0.717, 1.165) is 0 Å². The molecule has 0 saturated carbocycles. The number of rotatable bonds is 1. The normalized spacial score (nSPS) is 30.3. The zero-order chi connectivity index (χ0) is 11.1. The van der Waals surface area contributed by atoms with Gasteiger partial charge in [0.2, 0.25) is 5.91 Å². The van der Waals surface area contributed by atoms with Gasteiger partial charge in [-0.25, -0.2) is 5.06 Å². The number of carbonyl (C=O) groups excluding carboxylic acids is 2. The number of halogens is 1. The van der Waals surface area contributed by atoms with Gasteiger partial charge in [-0.2, -0.15) is 0 Å². The number of hydroxylamine groups is 2. The van der Waals surface area contributed by atoms with Crippen LogP contribution >= 0.6 is 11.6 Å². The van der Waals surface area contributed by atoms with E-state index in [2.05, 4.69) is 0 Å². The van der Waals surface area contributed by atoms with Gasteiger partial charge < -0.3 is 0 Å². The van der Waals surface area contributed by atoms with Crippen molar-refractivity contribution in [2.75, 3.05) is 7.11 Å². The number of hydrogen-bond donors (Lipinski definition) is 0. The highest BCUT2D eigenvalue weighted by molar-refractivity contribution is 6.44. The lowest BCUT2D eigenvalue weighted by Crippen LogP contribution is -2.43. The molecule has 0 N–H and O–H groups in total. The summed E-state index contributed by atoms with van der Waals surface area (Å²) in [7, 11) is 1.43. The summed E-state index contributed by atoms with van der Waals surface area (Å²) in [6.07, 6.45) is 5.60. The van der Waals surface area contributed by atoms with Gasteiger partial charge in [0.15, 0.2) is 5.78 Å². The predicted molar refractivity (Wildman–Crippen MR) is 53.9 cm³/mol. The van der Waals surface area contributed by atoms with Crippen LogP contribution in [0.15, 0.2) is 23.3 Å². The minimum absolute atomic E-state index is 0.0998. The topological polar surface area (TPSA) is 46.6 Å². The molecule has 1 aliphatic heterocycles. The minimum atomic E-state index is -0.670. The van der Waals surface area contributed by atoms with E-state index in [1.807, 2.05) is 0 Å². The van der Waals surface area contributed by atoms with Gasteiger partial charge in [0, 0.05) is 6.42 Å². The summed E-state index contributed by atoms with van der Waals surface area (Å²) in [5.41, 5.74) is -0.670. The standard InChI is InChI=1S/C10H10ClNO3/c1-15-12-9(14)3-5-10(12)4-2-8(13)7(11)6-10/h2,4,6H,3,5H2,1H3. The quantitative estimate of drug-likeness (QED) is 0.676. The third kappa shape index (κ3) is 1.50. The molecule has 15 heavy (non-hydrogen) atoms. The Morgan fingerprint density at radius 3 is 2.87 bits per heavy atom. The monoisotopic (exact) mass is 227 g/mol. The molecule has 1 heterocycles. The molecular formula is C10H10ClNO3. The molecule has 1 unspecified atom stereocenters. The Balaban J connectivity index is 2.40. The average Bonchev–Trinajstić information content (AvgIpc) is 2.50. The van der Waals surface area contributed by atoms with E-state index in [-0.39, 0.29) is 16.7 Å². The first-order valence-electron chi connectivity index (χ1n) is 4.58. The zero-order valence-electron chi connectivity index (χ0n) is 8.20. The molecule has 1 aliphatic carbocycles. The zero-order valence-corrected chi connectivity index (χ0v) is 8.95. The second kappa shape index (κ2) is 3.47. The maximum atomic E-state index is 11.5. The fourth-order valence-corrected chi connectivity index (χ4v) is 2.19. The molecule has 1 fully saturated rings. The Labute approximate surface area is 92.1 Å². The SMILES string of the molecule is CON1C(=O)CCC12C=CC(=O)C(Cl)=C2. The molecule has 0 aromatic carbocycles. The first-order valence-corrected chi connectivity index (χ1v) is 4.96. The van der Waals surface area contributed by atoms with Crippen molar-refractivity contribution in [3.63, 3.8) is 0 Å². The molecule has 2 aliphatic rings. The molecule has 1 saturated heterocycles. The number of amides is 1. The highest BCUT2D eigenvalue weighted by Gasteiger charge is 2.44. The van der Waals surface area contributed by atoms with E-state index in [0.29, 0.717) is 12.8 Å². The third-order valence-electron chi connectivity index (χ3n) is 2.66. The van der Waals surface area contributed by atoms with Crippen molar-refractivity contribution in [3.05, 3.63) is 23.3 Å². The van der Waals surface area contributed by atoms with Gasteiger partial charge in [0.25, 0.3) is 0 Å². The number of hydrogen-bond acceptors (Lipinski definition) is 3. The fraction of sp³-hybridized carbons (Fsp3) is 0.400. The van der Waals surface area contributed by atoms with E-state index in [1.54, 1.807) is 12.2 Å². The molecule has 1 amide bonds. The van der Waals surface area contributed by atoms with Crippen LogP contribution in [0.2, 0.25) is 0 Å². The van der Waals surface area contributed by atoms with Gasteiger partial charge in [-0.1, -0.05) is 11.6 Å².